The van der Waals surface area contributed by atoms with E-state index in [0.717, 1.165) is 22.1 Å². The second kappa shape index (κ2) is 8.20. The Morgan fingerprint density at radius 1 is 1.10 bits per heavy atom. The van der Waals surface area contributed by atoms with Gasteiger partial charge in [0.15, 0.2) is 0 Å². The first-order chi connectivity index (χ1) is 13.8. The summed E-state index contributed by atoms with van der Waals surface area (Å²) in [5.74, 6) is -0.00545. The van der Waals surface area contributed by atoms with Gasteiger partial charge in [0, 0.05) is 35.2 Å². The Hall–Kier alpha value is -1.70. The number of sulfonamides is 1. The molecule has 0 saturated carbocycles. The Balaban J connectivity index is 1.41. The molecule has 1 amide bonds. The van der Waals surface area contributed by atoms with Crippen molar-refractivity contribution in [2.24, 2.45) is 5.92 Å². The molecule has 154 valence electrons. The van der Waals surface area contributed by atoms with Crippen molar-refractivity contribution >= 4 is 37.5 Å². The minimum atomic E-state index is -3.39. The van der Waals surface area contributed by atoms with Crippen LogP contribution in [-0.2, 0) is 27.0 Å². The van der Waals surface area contributed by atoms with Crippen molar-refractivity contribution in [1.82, 2.24) is 4.31 Å². The normalized spacial score (nSPS) is 20.6. The Bertz CT molecular complexity index is 1020. The Kier molecular flexibility index (Phi) is 5.82. The summed E-state index contributed by atoms with van der Waals surface area (Å²) >= 11 is 3.39. The van der Waals surface area contributed by atoms with Crippen LogP contribution in [0.5, 0.6) is 0 Å². The van der Waals surface area contributed by atoms with Crippen molar-refractivity contribution in [2.45, 2.75) is 38.0 Å². The molecule has 1 atom stereocenters. The average molecular weight is 477 g/mol. The first-order valence-electron chi connectivity index (χ1n) is 9.98. The molecule has 0 aliphatic carbocycles. The van der Waals surface area contributed by atoms with Crippen molar-refractivity contribution in [3.8, 4) is 0 Å². The third-order valence-corrected chi connectivity index (χ3v) is 8.22. The summed E-state index contributed by atoms with van der Waals surface area (Å²) in [6.07, 6.45) is 2.02. The van der Waals surface area contributed by atoms with Crippen LogP contribution in [-0.4, -0.2) is 37.8 Å². The average Bonchev–Trinajstić information content (AvgIpc) is 3.03. The second-order valence-electron chi connectivity index (χ2n) is 7.95. The topological polar surface area (TPSA) is 57.7 Å². The summed E-state index contributed by atoms with van der Waals surface area (Å²) in [7, 11) is -3.39. The number of nitrogens with zero attached hydrogens (tertiary/aromatic N) is 2. The minimum Gasteiger partial charge on any atom is -0.309 e. The van der Waals surface area contributed by atoms with Crippen LogP contribution in [0.3, 0.4) is 0 Å². The number of amides is 1. The van der Waals surface area contributed by atoms with Crippen LogP contribution in [0.4, 0.5) is 5.69 Å². The maximum atomic E-state index is 13.2. The summed E-state index contributed by atoms with van der Waals surface area (Å²) in [5, 5.41) is 0. The van der Waals surface area contributed by atoms with Crippen molar-refractivity contribution in [3.05, 3.63) is 64.1 Å². The standard InChI is InChI=1S/C22H25BrN2O3S/c1-16-13-19-6-2-3-8-21(19)25(16)22(26)18-9-11-24(12-10-18)29(27,28)15-17-5-4-7-20(23)14-17/h2-8,14,16,18H,9-13,15H2,1H3/t16-/m1/s1. The SMILES string of the molecule is C[C@@H]1Cc2ccccc2N1C(=O)C1CCN(S(=O)(=O)Cc2cccc(Br)c2)CC1. The van der Waals surface area contributed by atoms with E-state index in [2.05, 4.69) is 28.9 Å². The molecular weight excluding hydrogens is 452 g/mol. The molecule has 0 radical (unpaired) electrons. The predicted molar refractivity (Wildman–Crippen MR) is 118 cm³/mol. The molecule has 4 rings (SSSR count). The fourth-order valence-corrected chi connectivity index (χ4v) is 6.40. The van der Waals surface area contributed by atoms with E-state index in [1.807, 2.05) is 47.4 Å². The molecule has 2 aromatic rings. The van der Waals surface area contributed by atoms with E-state index in [1.54, 1.807) is 4.31 Å². The third kappa shape index (κ3) is 4.27. The zero-order chi connectivity index (χ0) is 20.6. The van der Waals surface area contributed by atoms with Crippen LogP contribution in [0, 0.1) is 5.92 Å². The monoisotopic (exact) mass is 476 g/mol. The van der Waals surface area contributed by atoms with Gasteiger partial charge in [-0.3, -0.25) is 4.79 Å². The maximum absolute atomic E-state index is 13.2. The molecule has 2 aromatic carbocycles. The number of anilines is 1. The largest absolute Gasteiger partial charge is 0.309 e. The van der Waals surface area contributed by atoms with E-state index in [0.29, 0.717) is 25.9 Å². The summed E-state index contributed by atoms with van der Waals surface area (Å²) < 4.78 is 28.1. The highest BCUT2D eigenvalue weighted by atomic mass is 79.9. The van der Waals surface area contributed by atoms with Crippen LogP contribution in [0.2, 0.25) is 0 Å². The van der Waals surface area contributed by atoms with E-state index in [1.165, 1.54) is 5.56 Å². The molecule has 0 N–H and O–H groups in total. The zero-order valence-electron chi connectivity index (χ0n) is 16.4. The third-order valence-electron chi connectivity index (χ3n) is 5.88. The first-order valence-corrected chi connectivity index (χ1v) is 12.4. The van der Waals surface area contributed by atoms with Crippen LogP contribution in [0.25, 0.3) is 0 Å². The fraction of sp³-hybridized carbons (Fsp3) is 0.409. The van der Waals surface area contributed by atoms with Gasteiger partial charge in [-0.2, -0.15) is 0 Å². The lowest BCUT2D eigenvalue weighted by molar-refractivity contribution is -0.123. The molecule has 29 heavy (non-hydrogen) atoms. The van der Waals surface area contributed by atoms with Gasteiger partial charge in [0.05, 0.1) is 5.75 Å². The first kappa shape index (κ1) is 20.6. The number of carbonyl (C=O) groups is 1. The van der Waals surface area contributed by atoms with Gasteiger partial charge < -0.3 is 4.90 Å². The molecule has 1 saturated heterocycles. The summed E-state index contributed by atoms with van der Waals surface area (Å²) in [6, 6.07) is 15.6. The van der Waals surface area contributed by atoms with Crippen LogP contribution in [0.15, 0.2) is 53.0 Å². The van der Waals surface area contributed by atoms with E-state index in [-0.39, 0.29) is 23.6 Å². The van der Waals surface area contributed by atoms with E-state index < -0.39 is 10.0 Å². The van der Waals surface area contributed by atoms with Gasteiger partial charge in [-0.15, -0.1) is 0 Å². The molecule has 0 spiro atoms. The highest BCUT2D eigenvalue weighted by molar-refractivity contribution is 9.10. The number of fused-ring (bicyclic) bond motifs is 1. The maximum Gasteiger partial charge on any atom is 0.230 e. The molecule has 0 aromatic heterocycles. The Morgan fingerprint density at radius 3 is 2.55 bits per heavy atom. The summed E-state index contributed by atoms with van der Waals surface area (Å²) in [4.78, 5) is 15.1. The lowest BCUT2D eigenvalue weighted by Crippen LogP contribution is -2.46. The van der Waals surface area contributed by atoms with E-state index in [9.17, 15) is 13.2 Å². The molecule has 2 heterocycles. The van der Waals surface area contributed by atoms with E-state index >= 15 is 0 Å². The molecule has 0 bridgehead atoms. The molecule has 0 unspecified atom stereocenters. The minimum absolute atomic E-state index is 0.0123. The number of hydrogen-bond acceptors (Lipinski definition) is 3. The Morgan fingerprint density at radius 2 is 1.83 bits per heavy atom. The number of carbonyl (C=O) groups excluding carboxylic acids is 1. The number of para-hydroxylation sites is 1. The van der Waals surface area contributed by atoms with Gasteiger partial charge in [0.25, 0.3) is 0 Å². The molecular formula is C22H25BrN2O3S. The fourth-order valence-electron chi connectivity index (χ4n) is 4.41. The van der Waals surface area contributed by atoms with Crippen molar-refractivity contribution in [3.63, 3.8) is 0 Å². The molecule has 2 aliphatic heterocycles. The number of hydrogen-bond donors (Lipinski definition) is 0. The van der Waals surface area contributed by atoms with Gasteiger partial charge in [-0.1, -0.05) is 46.3 Å². The van der Waals surface area contributed by atoms with Crippen molar-refractivity contribution < 1.29 is 13.2 Å². The van der Waals surface area contributed by atoms with Gasteiger partial charge in [-0.05, 0) is 55.5 Å². The van der Waals surface area contributed by atoms with Gasteiger partial charge in [-0.25, -0.2) is 12.7 Å². The van der Waals surface area contributed by atoms with Crippen LogP contribution in [0.1, 0.15) is 30.9 Å². The highest BCUT2D eigenvalue weighted by Crippen LogP contribution is 2.35. The number of rotatable bonds is 4. The molecule has 1 fully saturated rings. The number of piperidine rings is 1. The molecule has 7 heteroatoms. The quantitative estimate of drug-likeness (QED) is 0.670. The van der Waals surface area contributed by atoms with Gasteiger partial charge >= 0.3 is 0 Å². The summed E-state index contributed by atoms with van der Waals surface area (Å²) in [6.45, 7) is 2.88. The second-order valence-corrected chi connectivity index (χ2v) is 10.8. The molecule has 2 aliphatic rings. The lowest BCUT2D eigenvalue weighted by Gasteiger charge is -2.34. The van der Waals surface area contributed by atoms with Crippen molar-refractivity contribution in [1.29, 1.82) is 0 Å². The van der Waals surface area contributed by atoms with Crippen LogP contribution < -0.4 is 4.90 Å². The number of benzene rings is 2. The highest BCUT2D eigenvalue weighted by Gasteiger charge is 2.37. The number of halogens is 1. The van der Waals surface area contributed by atoms with E-state index in [4.69, 9.17) is 0 Å². The van der Waals surface area contributed by atoms with Gasteiger partial charge in [0.2, 0.25) is 15.9 Å². The molecule has 5 nitrogen and oxygen atoms in total. The van der Waals surface area contributed by atoms with Crippen molar-refractivity contribution in [2.75, 3.05) is 18.0 Å². The van der Waals surface area contributed by atoms with Crippen LogP contribution >= 0.6 is 15.9 Å². The van der Waals surface area contributed by atoms with Gasteiger partial charge in [0.1, 0.15) is 0 Å². The lowest BCUT2D eigenvalue weighted by atomic mass is 9.96. The predicted octanol–water partition coefficient (Wildman–Crippen LogP) is 3.97. The smallest absolute Gasteiger partial charge is 0.230 e. The summed E-state index contributed by atoms with van der Waals surface area (Å²) in [5.41, 5.74) is 2.98. The zero-order valence-corrected chi connectivity index (χ0v) is 18.8. The Labute approximate surface area is 180 Å².